The summed E-state index contributed by atoms with van der Waals surface area (Å²) in [6.07, 6.45) is 1.64. The molecule has 1 amide bonds. The number of carbonyl (C=O) groups is 1. The number of nitrogens with zero attached hydrogens (tertiary/aromatic N) is 2. The number of carbonyl (C=O) groups excluding carboxylic acids is 1. The van der Waals surface area contributed by atoms with Crippen LogP contribution in [-0.2, 0) is 4.79 Å². The van der Waals surface area contributed by atoms with Gasteiger partial charge in [0, 0.05) is 11.3 Å². The van der Waals surface area contributed by atoms with E-state index in [4.69, 9.17) is 4.74 Å². The molecule has 2 aromatic rings. The van der Waals surface area contributed by atoms with Crippen molar-refractivity contribution < 1.29 is 19.6 Å². The minimum atomic E-state index is -0.731. The minimum absolute atomic E-state index is 0.0467. The maximum Gasteiger partial charge on any atom is 0.315 e. The third-order valence-corrected chi connectivity index (χ3v) is 3.74. The molecular formula is C18H20N4O5. The van der Waals surface area contributed by atoms with Crippen LogP contribution in [0.15, 0.2) is 47.6 Å². The highest BCUT2D eigenvalue weighted by atomic mass is 16.6. The zero-order valence-corrected chi connectivity index (χ0v) is 14.9. The van der Waals surface area contributed by atoms with Crippen molar-refractivity contribution in [3.05, 3.63) is 58.1 Å². The van der Waals surface area contributed by atoms with Crippen LogP contribution in [0.4, 0.5) is 11.4 Å². The van der Waals surface area contributed by atoms with Crippen molar-refractivity contribution in [2.45, 2.75) is 19.4 Å². The molecule has 27 heavy (non-hydrogen) atoms. The smallest absolute Gasteiger partial charge is 0.315 e. The number of hydrogen-bond acceptors (Lipinski definition) is 7. The standard InChI is InChI=1S/C18H20N4O5/c1-3-15(20-13-7-5-4-6-8-13)18(24)21-19-11-12-9-14(27-2)10-16(17(12)23)22(25)26/h4-11,15,20,23H,3H2,1-2H3,(H,21,24). The van der Waals surface area contributed by atoms with E-state index in [9.17, 15) is 20.0 Å². The molecule has 9 nitrogen and oxygen atoms in total. The van der Waals surface area contributed by atoms with Gasteiger partial charge in [-0.15, -0.1) is 0 Å². The number of hydrazone groups is 1. The lowest BCUT2D eigenvalue weighted by Crippen LogP contribution is -2.36. The Morgan fingerprint density at radius 3 is 2.67 bits per heavy atom. The Hall–Kier alpha value is -3.62. The first-order valence-electron chi connectivity index (χ1n) is 8.16. The van der Waals surface area contributed by atoms with Crippen LogP contribution in [0.2, 0.25) is 0 Å². The molecule has 2 aromatic carbocycles. The van der Waals surface area contributed by atoms with E-state index in [2.05, 4.69) is 15.8 Å². The van der Waals surface area contributed by atoms with Gasteiger partial charge >= 0.3 is 5.69 Å². The van der Waals surface area contributed by atoms with E-state index in [1.165, 1.54) is 13.2 Å². The van der Waals surface area contributed by atoms with Gasteiger partial charge in [-0.1, -0.05) is 25.1 Å². The monoisotopic (exact) mass is 372 g/mol. The Morgan fingerprint density at radius 2 is 2.07 bits per heavy atom. The fraction of sp³-hybridized carbons (Fsp3) is 0.222. The first-order chi connectivity index (χ1) is 13.0. The summed E-state index contributed by atoms with van der Waals surface area (Å²) in [7, 11) is 1.35. The maximum absolute atomic E-state index is 12.3. The van der Waals surface area contributed by atoms with E-state index in [0.717, 1.165) is 18.0 Å². The van der Waals surface area contributed by atoms with Crippen LogP contribution in [0.3, 0.4) is 0 Å². The number of para-hydroxylation sites is 1. The van der Waals surface area contributed by atoms with Gasteiger partial charge in [0.15, 0.2) is 0 Å². The quantitative estimate of drug-likeness (QED) is 0.371. The van der Waals surface area contributed by atoms with Gasteiger partial charge in [0.2, 0.25) is 5.75 Å². The van der Waals surface area contributed by atoms with Crippen LogP contribution >= 0.6 is 0 Å². The number of hydrogen-bond donors (Lipinski definition) is 3. The number of rotatable bonds is 8. The van der Waals surface area contributed by atoms with Crippen LogP contribution in [0.1, 0.15) is 18.9 Å². The number of ether oxygens (including phenoxy) is 1. The first kappa shape index (κ1) is 19.7. The molecule has 0 aliphatic carbocycles. The molecule has 0 aromatic heterocycles. The second-order valence-corrected chi connectivity index (χ2v) is 5.55. The topological polar surface area (TPSA) is 126 Å². The van der Waals surface area contributed by atoms with Crippen molar-refractivity contribution in [2.24, 2.45) is 5.10 Å². The van der Waals surface area contributed by atoms with Crippen LogP contribution in [0.5, 0.6) is 11.5 Å². The van der Waals surface area contributed by atoms with Gasteiger partial charge in [0.05, 0.1) is 24.3 Å². The van der Waals surface area contributed by atoms with Crippen molar-refractivity contribution in [3.8, 4) is 11.5 Å². The average Bonchev–Trinajstić information content (AvgIpc) is 2.67. The molecule has 2 rings (SSSR count). The summed E-state index contributed by atoms with van der Waals surface area (Å²) in [6, 6.07) is 11.2. The zero-order chi connectivity index (χ0) is 19.8. The van der Waals surface area contributed by atoms with Crippen LogP contribution in [0.25, 0.3) is 0 Å². The summed E-state index contributed by atoms with van der Waals surface area (Å²) in [5, 5.41) is 27.8. The minimum Gasteiger partial charge on any atom is -0.502 e. The fourth-order valence-electron chi connectivity index (χ4n) is 2.30. The van der Waals surface area contributed by atoms with Gasteiger partial charge in [-0.25, -0.2) is 5.43 Å². The molecular weight excluding hydrogens is 352 g/mol. The Kier molecular flexibility index (Phi) is 6.70. The summed E-state index contributed by atoms with van der Waals surface area (Å²) >= 11 is 0. The number of phenols is 1. The summed E-state index contributed by atoms with van der Waals surface area (Å²) in [5.41, 5.74) is 2.69. The van der Waals surface area contributed by atoms with Crippen molar-refractivity contribution in [1.82, 2.24) is 5.43 Å². The van der Waals surface area contributed by atoms with E-state index < -0.39 is 22.4 Å². The highest BCUT2D eigenvalue weighted by Gasteiger charge is 2.19. The third-order valence-electron chi connectivity index (χ3n) is 3.74. The van der Waals surface area contributed by atoms with E-state index >= 15 is 0 Å². The number of methoxy groups -OCH3 is 1. The Bertz CT molecular complexity index is 839. The summed E-state index contributed by atoms with van der Waals surface area (Å²) in [6.45, 7) is 1.85. The molecule has 0 aliphatic heterocycles. The number of nitro groups is 1. The average molecular weight is 372 g/mol. The van der Waals surface area contributed by atoms with Crippen LogP contribution in [-0.4, -0.2) is 35.3 Å². The Balaban J connectivity index is 2.10. The largest absolute Gasteiger partial charge is 0.502 e. The molecule has 0 fully saturated rings. The van der Waals surface area contributed by atoms with Gasteiger partial charge in [-0.2, -0.15) is 5.10 Å². The third kappa shape index (κ3) is 5.18. The lowest BCUT2D eigenvalue weighted by atomic mass is 10.1. The van der Waals surface area contributed by atoms with E-state index in [1.807, 2.05) is 37.3 Å². The van der Waals surface area contributed by atoms with E-state index in [1.54, 1.807) is 0 Å². The van der Waals surface area contributed by atoms with Crippen LogP contribution in [0, 0.1) is 10.1 Å². The lowest BCUT2D eigenvalue weighted by molar-refractivity contribution is -0.385. The fourth-order valence-corrected chi connectivity index (χ4v) is 2.30. The molecule has 0 saturated carbocycles. The number of anilines is 1. The molecule has 0 heterocycles. The normalized spacial score (nSPS) is 11.8. The van der Waals surface area contributed by atoms with Crippen LogP contribution < -0.4 is 15.5 Å². The molecule has 1 unspecified atom stereocenters. The molecule has 142 valence electrons. The SMILES string of the molecule is CCC(Nc1ccccc1)C(=O)NN=Cc1cc(OC)cc([N+](=O)[O-])c1O. The number of aromatic hydroxyl groups is 1. The number of phenolic OH excluding ortho intramolecular Hbond substituents is 1. The highest BCUT2D eigenvalue weighted by molar-refractivity contribution is 5.89. The molecule has 0 saturated heterocycles. The van der Waals surface area contributed by atoms with Gasteiger partial charge in [0.1, 0.15) is 11.8 Å². The molecule has 3 N–H and O–H groups in total. The summed E-state index contributed by atoms with van der Waals surface area (Å²) in [5.74, 6) is -0.757. The van der Waals surface area contributed by atoms with Gasteiger partial charge < -0.3 is 15.2 Å². The molecule has 0 bridgehead atoms. The predicted octanol–water partition coefficient (Wildman–Crippen LogP) is 2.65. The number of nitrogens with one attached hydrogen (secondary N) is 2. The van der Waals surface area contributed by atoms with Gasteiger partial charge in [0.25, 0.3) is 5.91 Å². The lowest BCUT2D eigenvalue weighted by Gasteiger charge is -2.16. The second-order valence-electron chi connectivity index (χ2n) is 5.55. The second kappa shape index (κ2) is 9.18. The molecule has 0 spiro atoms. The number of nitro benzene ring substituents is 1. The Labute approximate surface area is 155 Å². The number of benzene rings is 2. The molecule has 0 radical (unpaired) electrons. The van der Waals surface area contributed by atoms with Crippen molar-refractivity contribution >= 4 is 23.5 Å². The zero-order valence-electron chi connectivity index (χ0n) is 14.9. The predicted molar refractivity (Wildman–Crippen MR) is 101 cm³/mol. The Morgan fingerprint density at radius 1 is 1.37 bits per heavy atom. The maximum atomic E-state index is 12.3. The molecule has 1 atom stereocenters. The summed E-state index contributed by atoms with van der Waals surface area (Å²) in [4.78, 5) is 22.5. The molecule has 0 aliphatic rings. The van der Waals surface area contributed by atoms with Crippen molar-refractivity contribution in [2.75, 3.05) is 12.4 Å². The first-order valence-corrected chi connectivity index (χ1v) is 8.16. The van der Waals surface area contributed by atoms with Gasteiger partial charge in [-0.3, -0.25) is 14.9 Å². The number of amides is 1. The van der Waals surface area contributed by atoms with Gasteiger partial charge in [-0.05, 0) is 24.6 Å². The van der Waals surface area contributed by atoms with Crippen molar-refractivity contribution in [1.29, 1.82) is 0 Å². The van der Waals surface area contributed by atoms with E-state index in [-0.39, 0.29) is 17.2 Å². The van der Waals surface area contributed by atoms with Crippen molar-refractivity contribution in [3.63, 3.8) is 0 Å². The summed E-state index contributed by atoms with van der Waals surface area (Å²) < 4.78 is 4.98. The van der Waals surface area contributed by atoms with E-state index in [0.29, 0.717) is 6.42 Å². The molecule has 9 heteroatoms. The highest BCUT2D eigenvalue weighted by Crippen LogP contribution is 2.33.